The molecule has 1 aliphatic heterocycles. The van der Waals surface area contributed by atoms with E-state index in [-0.39, 0.29) is 5.82 Å². The summed E-state index contributed by atoms with van der Waals surface area (Å²) in [5, 5.41) is 2.78. The third kappa shape index (κ3) is 3.63. The Labute approximate surface area is 145 Å². The van der Waals surface area contributed by atoms with Crippen LogP contribution in [-0.2, 0) is 4.74 Å². The van der Waals surface area contributed by atoms with Crippen LogP contribution in [0.15, 0.2) is 42.7 Å². The van der Waals surface area contributed by atoms with E-state index in [9.17, 15) is 9.18 Å². The first-order valence-corrected chi connectivity index (χ1v) is 8.35. The molecule has 1 aromatic heterocycles. The minimum absolute atomic E-state index is 0.364. The summed E-state index contributed by atoms with van der Waals surface area (Å²) in [5.41, 5.74) is 2.20. The van der Waals surface area contributed by atoms with Gasteiger partial charge in [-0.1, -0.05) is 24.0 Å². The van der Waals surface area contributed by atoms with Crippen molar-refractivity contribution in [2.45, 2.75) is 31.4 Å². The van der Waals surface area contributed by atoms with Crippen LogP contribution in [0.25, 0.3) is 0 Å². The number of ether oxygens (including phenoxy) is 1. The number of hydrogen-bond acceptors (Lipinski definition) is 3. The highest BCUT2D eigenvalue weighted by Gasteiger charge is 2.36. The van der Waals surface area contributed by atoms with E-state index in [1.54, 1.807) is 24.5 Å². The number of pyridine rings is 1. The summed E-state index contributed by atoms with van der Waals surface area (Å²) in [6, 6.07) is 7.57. The summed E-state index contributed by atoms with van der Waals surface area (Å²) in [6.45, 7) is 0. The van der Waals surface area contributed by atoms with E-state index < -0.39 is 18.2 Å². The molecule has 2 heterocycles. The SMILES string of the molecule is O=C1N[C@H](c2cncc(C#CCC3CC3)c2)[C@@H](c2cccc(F)c2)O1. The Hall–Kier alpha value is -2.87. The zero-order valence-corrected chi connectivity index (χ0v) is 13.5. The van der Waals surface area contributed by atoms with E-state index in [4.69, 9.17) is 4.74 Å². The normalized spacial score (nSPS) is 21.9. The molecule has 1 N–H and O–H groups in total. The van der Waals surface area contributed by atoms with E-state index >= 15 is 0 Å². The maximum absolute atomic E-state index is 13.5. The molecule has 0 bridgehead atoms. The Balaban J connectivity index is 1.60. The van der Waals surface area contributed by atoms with Crippen molar-refractivity contribution in [1.29, 1.82) is 0 Å². The Morgan fingerprint density at radius 3 is 2.92 bits per heavy atom. The molecule has 126 valence electrons. The van der Waals surface area contributed by atoms with Crippen LogP contribution in [-0.4, -0.2) is 11.1 Å². The minimum Gasteiger partial charge on any atom is -0.439 e. The van der Waals surface area contributed by atoms with Gasteiger partial charge in [0, 0.05) is 24.4 Å². The number of halogens is 1. The molecule has 25 heavy (non-hydrogen) atoms. The Bertz CT molecular complexity index is 867. The van der Waals surface area contributed by atoms with E-state index in [0.29, 0.717) is 5.56 Å². The third-order valence-corrected chi connectivity index (χ3v) is 4.43. The maximum Gasteiger partial charge on any atom is 0.408 e. The first-order valence-electron chi connectivity index (χ1n) is 8.35. The van der Waals surface area contributed by atoms with Crippen LogP contribution >= 0.6 is 0 Å². The number of amides is 1. The molecule has 2 aliphatic rings. The minimum atomic E-state index is -0.598. The van der Waals surface area contributed by atoms with Crippen molar-refractivity contribution in [3.63, 3.8) is 0 Å². The van der Waals surface area contributed by atoms with Crippen molar-refractivity contribution in [2.75, 3.05) is 0 Å². The molecule has 2 aromatic rings. The van der Waals surface area contributed by atoms with Crippen LogP contribution in [0.2, 0.25) is 0 Å². The van der Waals surface area contributed by atoms with Gasteiger partial charge >= 0.3 is 6.09 Å². The second-order valence-electron chi connectivity index (χ2n) is 6.46. The summed E-state index contributed by atoms with van der Waals surface area (Å²) in [5.74, 6) is 6.70. The third-order valence-electron chi connectivity index (χ3n) is 4.43. The number of alkyl carbamates (subject to hydrolysis) is 1. The standard InChI is InChI=1S/C20H17FN2O2/c21-17-6-2-5-15(10-17)19-18(23-20(24)25-19)16-9-14(11-22-12-16)4-1-3-13-7-8-13/h2,5-6,9-13,18-19H,3,7-8H2,(H,23,24)/t18-,19-/m1/s1. The number of benzene rings is 1. The Kier molecular flexibility index (Phi) is 4.10. The smallest absolute Gasteiger partial charge is 0.408 e. The van der Waals surface area contributed by atoms with Gasteiger partial charge in [0.05, 0.1) is 0 Å². The molecule has 4 rings (SSSR count). The zero-order valence-electron chi connectivity index (χ0n) is 13.5. The summed E-state index contributed by atoms with van der Waals surface area (Å²) < 4.78 is 18.9. The molecule has 1 amide bonds. The lowest BCUT2D eigenvalue weighted by atomic mass is 9.97. The molecular weight excluding hydrogens is 319 g/mol. The fourth-order valence-electron chi connectivity index (χ4n) is 2.94. The number of aromatic nitrogens is 1. The lowest BCUT2D eigenvalue weighted by Gasteiger charge is -2.17. The molecule has 2 fully saturated rings. The number of nitrogens with one attached hydrogen (secondary N) is 1. The fraction of sp³-hybridized carbons (Fsp3) is 0.300. The van der Waals surface area contributed by atoms with E-state index in [0.717, 1.165) is 23.5 Å². The molecule has 0 radical (unpaired) electrons. The topological polar surface area (TPSA) is 51.2 Å². The maximum atomic E-state index is 13.5. The van der Waals surface area contributed by atoms with Crippen molar-refractivity contribution >= 4 is 6.09 Å². The van der Waals surface area contributed by atoms with Gasteiger partial charge in [0.1, 0.15) is 11.9 Å². The Morgan fingerprint density at radius 1 is 1.24 bits per heavy atom. The summed E-state index contributed by atoms with van der Waals surface area (Å²) in [7, 11) is 0. The molecule has 0 spiro atoms. The number of cyclic esters (lactones) is 1. The largest absolute Gasteiger partial charge is 0.439 e. The van der Waals surface area contributed by atoms with Gasteiger partial charge in [0.2, 0.25) is 0 Å². The molecule has 5 heteroatoms. The highest BCUT2D eigenvalue weighted by molar-refractivity contribution is 5.71. The van der Waals surface area contributed by atoms with Gasteiger partial charge in [0.15, 0.2) is 6.10 Å². The second-order valence-corrected chi connectivity index (χ2v) is 6.46. The van der Waals surface area contributed by atoms with Crippen molar-refractivity contribution in [3.05, 3.63) is 65.2 Å². The van der Waals surface area contributed by atoms with Crippen LogP contribution in [0, 0.1) is 23.6 Å². The quantitative estimate of drug-likeness (QED) is 0.865. The van der Waals surface area contributed by atoms with Crippen molar-refractivity contribution in [3.8, 4) is 11.8 Å². The van der Waals surface area contributed by atoms with Crippen LogP contribution in [0.3, 0.4) is 0 Å². The molecule has 1 aliphatic carbocycles. The van der Waals surface area contributed by atoms with Gasteiger partial charge in [-0.2, -0.15) is 0 Å². The van der Waals surface area contributed by atoms with Crippen LogP contribution in [0.5, 0.6) is 0 Å². The summed E-state index contributed by atoms with van der Waals surface area (Å²) in [6.07, 6.45) is 5.72. The number of hydrogen-bond donors (Lipinski definition) is 1. The van der Waals surface area contributed by atoms with Crippen molar-refractivity contribution in [1.82, 2.24) is 10.3 Å². The molecule has 4 nitrogen and oxygen atoms in total. The molecule has 2 atom stereocenters. The molecule has 0 unspecified atom stereocenters. The monoisotopic (exact) mass is 336 g/mol. The van der Waals surface area contributed by atoms with Crippen molar-refractivity contribution < 1.29 is 13.9 Å². The predicted molar refractivity (Wildman–Crippen MR) is 90.0 cm³/mol. The first-order chi connectivity index (χ1) is 12.2. The lowest BCUT2D eigenvalue weighted by molar-refractivity contribution is 0.132. The Morgan fingerprint density at radius 2 is 2.12 bits per heavy atom. The summed E-state index contributed by atoms with van der Waals surface area (Å²) in [4.78, 5) is 16.0. The number of rotatable bonds is 3. The van der Waals surface area contributed by atoms with Gasteiger partial charge in [-0.25, -0.2) is 9.18 Å². The fourth-order valence-corrected chi connectivity index (χ4v) is 2.94. The second kappa shape index (κ2) is 6.56. The number of carbonyl (C=O) groups excluding carboxylic acids is 1. The van der Waals surface area contributed by atoms with E-state index in [1.807, 2.05) is 6.07 Å². The van der Waals surface area contributed by atoms with Gasteiger partial charge < -0.3 is 10.1 Å². The zero-order chi connectivity index (χ0) is 17.2. The molecule has 1 saturated heterocycles. The molecular formula is C20H17FN2O2. The number of nitrogens with zero attached hydrogens (tertiary/aromatic N) is 1. The van der Waals surface area contributed by atoms with Crippen LogP contribution in [0.4, 0.5) is 9.18 Å². The van der Waals surface area contributed by atoms with Gasteiger partial charge in [-0.05, 0) is 48.1 Å². The van der Waals surface area contributed by atoms with Crippen molar-refractivity contribution in [2.24, 2.45) is 5.92 Å². The van der Waals surface area contributed by atoms with Gasteiger partial charge in [-0.15, -0.1) is 0 Å². The van der Waals surface area contributed by atoms with E-state index in [1.165, 1.54) is 25.0 Å². The average Bonchev–Trinajstić information content (AvgIpc) is 3.35. The van der Waals surface area contributed by atoms with E-state index in [2.05, 4.69) is 22.1 Å². The van der Waals surface area contributed by atoms with Gasteiger partial charge in [-0.3, -0.25) is 4.98 Å². The predicted octanol–water partition coefficient (Wildman–Crippen LogP) is 3.89. The number of carbonyl (C=O) groups is 1. The van der Waals surface area contributed by atoms with Crippen LogP contribution < -0.4 is 5.32 Å². The highest BCUT2D eigenvalue weighted by Crippen LogP contribution is 2.36. The summed E-state index contributed by atoms with van der Waals surface area (Å²) >= 11 is 0. The molecule has 1 saturated carbocycles. The van der Waals surface area contributed by atoms with Gasteiger partial charge in [0.25, 0.3) is 0 Å². The van der Waals surface area contributed by atoms with Crippen LogP contribution in [0.1, 0.15) is 48.1 Å². The highest BCUT2D eigenvalue weighted by atomic mass is 19.1. The average molecular weight is 336 g/mol. The first kappa shape index (κ1) is 15.6. The molecule has 1 aromatic carbocycles. The lowest BCUT2D eigenvalue weighted by Crippen LogP contribution is -2.19.